The molecule has 6 heterocycles. The van der Waals surface area contributed by atoms with Crippen LogP contribution in [0.4, 0.5) is 0 Å². The molecule has 0 saturated carbocycles. The first-order valence-electron chi connectivity index (χ1n) is 30.7. The zero-order valence-electron chi connectivity index (χ0n) is 50.6. The Bertz CT molecular complexity index is 2510. The predicted molar refractivity (Wildman–Crippen MR) is 314 cm³/mol. The molecule has 0 aliphatic carbocycles. The highest BCUT2D eigenvalue weighted by atomic mass is 16.7. The lowest BCUT2D eigenvalue weighted by Crippen LogP contribution is -2.38. The molecule has 6 aliphatic rings. The largest absolute Gasteiger partial charge is 0.491 e. The lowest BCUT2D eigenvalue weighted by atomic mass is 9.78. The van der Waals surface area contributed by atoms with Gasteiger partial charge in [0, 0.05) is 23.7 Å². The van der Waals surface area contributed by atoms with Gasteiger partial charge in [-0.15, -0.1) is 0 Å². The van der Waals surface area contributed by atoms with Crippen molar-refractivity contribution in [1.29, 1.82) is 0 Å². The second kappa shape index (κ2) is 33.3. The zero-order valence-corrected chi connectivity index (χ0v) is 50.6. The maximum Gasteiger partial charge on any atom is 0.160 e. The van der Waals surface area contributed by atoms with Crippen molar-refractivity contribution in [3.05, 3.63) is 119 Å². The molecule has 10 unspecified atom stereocenters. The first-order chi connectivity index (χ1) is 42.1. The van der Waals surface area contributed by atoms with Gasteiger partial charge in [0.05, 0.1) is 132 Å². The third-order valence-electron chi connectivity index (χ3n) is 15.7. The van der Waals surface area contributed by atoms with Crippen molar-refractivity contribution in [3.63, 3.8) is 0 Å². The van der Waals surface area contributed by atoms with E-state index in [1.165, 1.54) is 0 Å². The minimum absolute atomic E-state index is 0.103. The van der Waals surface area contributed by atoms with Crippen molar-refractivity contribution in [1.82, 2.24) is 0 Å². The third-order valence-corrected chi connectivity index (χ3v) is 15.7. The van der Waals surface area contributed by atoms with Gasteiger partial charge >= 0.3 is 0 Å². The molecule has 10 rings (SSSR count). The summed E-state index contributed by atoms with van der Waals surface area (Å²) in [4.78, 5) is 0. The van der Waals surface area contributed by atoms with Crippen molar-refractivity contribution < 1.29 is 94.7 Å². The normalized spacial score (nSPS) is 22.7. The summed E-state index contributed by atoms with van der Waals surface area (Å²) in [6.07, 6.45) is 0.887. The molecular formula is C66H90O20. The molecule has 86 heavy (non-hydrogen) atoms. The Morgan fingerprint density at radius 1 is 0.349 bits per heavy atom. The Hall–Kier alpha value is -4.56. The molecule has 6 aliphatic heterocycles. The smallest absolute Gasteiger partial charge is 0.160 e. The van der Waals surface area contributed by atoms with Crippen LogP contribution in [-0.4, -0.2) is 220 Å². The Morgan fingerprint density at radius 2 is 0.640 bits per heavy atom. The van der Waals surface area contributed by atoms with Gasteiger partial charge < -0.3 is 94.7 Å². The molecule has 4 aromatic rings. The van der Waals surface area contributed by atoms with Crippen molar-refractivity contribution >= 4 is 0 Å². The van der Waals surface area contributed by atoms with E-state index in [1.807, 2.05) is 48.5 Å². The molecule has 0 N–H and O–H groups in total. The number of ether oxygens (including phenoxy) is 20. The van der Waals surface area contributed by atoms with Crippen LogP contribution in [0.1, 0.15) is 62.8 Å². The highest BCUT2D eigenvalue weighted by molar-refractivity contribution is 5.43. The van der Waals surface area contributed by atoms with E-state index in [2.05, 4.69) is 76.2 Å². The van der Waals surface area contributed by atoms with Crippen molar-refractivity contribution in [2.75, 3.05) is 159 Å². The van der Waals surface area contributed by atoms with Crippen molar-refractivity contribution in [2.24, 2.45) is 0 Å². The highest BCUT2D eigenvalue weighted by Crippen LogP contribution is 2.35. The van der Waals surface area contributed by atoms with Gasteiger partial charge in [-0.3, -0.25) is 0 Å². The Balaban J connectivity index is 0.619. The maximum atomic E-state index is 6.27. The van der Waals surface area contributed by atoms with E-state index >= 15 is 0 Å². The summed E-state index contributed by atoms with van der Waals surface area (Å²) in [6, 6.07) is 32.9. The predicted octanol–water partition coefficient (Wildman–Crippen LogP) is 7.28. The van der Waals surface area contributed by atoms with Crippen LogP contribution in [0.2, 0.25) is 0 Å². The summed E-state index contributed by atoms with van der Waals surface area (Å²) in [6.45, 7) is 20.7. The van der Waals surface area contributed by atoms with Gasteiger partial charge in [-0.1, -0.05) is 76.2 Å². The lowest BCUT2D eigenvalue weighted by molar-refractivity contribution is -0.246. The van der Waals surface area contributed by atoms with E-state index in [1.54, 1.807) is 0 Å². The molecule has 0 amide bonds. The average Bonchev–Trinajstić information content (AvgIpc) is 2.90. The summed E-state index contributed by atoms with van der Waals surface area (Å²) >= 11 is 0. The van der Waals surface area contributed by atoms with E-state index in [0.29, 0.717) is 132 Å². The van der Waals surface area contributed by atoms with Crippen LogP contribution in [0, 0.1) is 0 Å². The summed E-state index contributed by atoms with van der Waals surface area (Å²) in [5.74, 6) is 3.00. The number of rotatable bonds is 47. The standard InChI is InChI=1S/C66H90O20/c1-65(2,48-9-17-53(18-10-48)77-38-57(82-42-61-45-85-61)34-71-29-30-74-63-21-23-72-63)47-5-13-52(14-6-47)76-37-56(81-41-60-44-84-60)32-69-27-28-70-35-62(86-64-22-24-73-64)46-78-54-19-11-50(12-20-54)66(3,4)49-7-15-51(16-8-49)75-36-55(80-40-59-43-83-59)31-67-25-26-68-33-58-39-79-58/h5-20,55-64H,21-46H2,1-4H3. The molecule has 0 aromatic heterocycles. The average molecular weight is 1200 g/mol. The van der Waals surface area contributed by atoms with Gasteiger partial charge in [0.2, 0.25) is 0 Å². The Labute approximate surface area is 506 Å². The fourth-order valence-corrected chi connectivity index (χ4v) is 9.34. The second-order valence-corrected chi connectivity index (χ2v) is 23.5. The Kier molecular flexibility index (Phi) is 25.0. The topological polar surface area (TPSA) is 198 Å². The highest BCUT2D eigenvalue weighted by Gasteiger charge is 2.30. The first-order valence-corrected chi connectivity index (χ1v) is 30.7. The summed E-state index contributed by atoms with van der Waals surface area (Å²) in [7, 11) is 0. The summed E-state index contributed by atoms with van der Waals surface area (Å²) in [5, 5.41) is 0. The second-order valence-electron chi connectivity index (χ2n) is 23.5. The molecule has 0 bridgehead atoms. The van der Waals surface area contributed by atoms with Gasteiger partial charge in [0.25, 0.3) is 0 Å². The fourth-order valence-electron chi connectivity index (χ4n) is 9.34. The number of hydrogen-bond acceptors (Lipinski definition) is 20. The molecule has 10 atom stereocenters. The summed E-state index contributed by atoms with van der Waals surface area (Å²) in [5.41, 5.74) is 4.03. The molecule has 6 fully saturated rings. The molecular weight excluding hydrogens is 1110 g/mol. The fraction of sp³-hybridized carbons (Fsp3) is 0.636. The van der Waals surface area contributed by atoms with E-state index in [4.69, 9.17) is 94.7 Å². The minimum atomic E-state index is -0.349. The van der Waals surface area contributed by atoms with Crippen molar-refractivity contribution in [3.8, 4) is 23.0 Å². The molecule has 20 heteroatoms. The van der Waals surface area contributed by atoms with Gasteiger partial charge in [0.15, 0.2) is 12.6 Å². The van der Waals surface area contributed by atoms with Crippen LogP contribution < -0.4 is 18.9 Å². The molecule has 20 nitrogen and oxygen atoms in total. The number of benzene rings is 4. The minimum Gasteiger partial charge on any atom is -0.491 e. The van der Waals surface area contributed by atoms with E-state index < -0.39 is 0 Å². The maximum absolute atomic E-state index is 6.27. The van der Waals surface area contributed by atoms with E-state index in [9.17, 15) is 0 Å². The molecule has 0 spiro atoms. The number of epoxide rings is 4. The quantitative estimate of drug-likeness (QED) is 0.0316. The lowest BCUT2D eigenvalue weighted by Gasteiger charge is -2.30. The van der Waals surface area contributed by atoms with Crippen LogP contribution in [0.25, 0.3) is 0 Å². The molecule has 4 aromatic carbocycles. The van der Waals surface area contributed by atoms with Gasteiger partial charge in [-0.25, -0.2) is 0 Å². The van der Waals surface area contributed by atoms with Gasteiger partial charge in [0.1, 0.15) is 98.3 Å². The van der Waals surface area contributed by atoms with E-state index in [0.717, 1.165) is 84.5 Å². The Morgan fingerprint density at radius 3 is 0.953 bits per heavy atom. The SMILES string of the molecule is CC(C)(c1ccc(OCC(COCCOCC(COc2ccc(C(C)(C)c3ccc(OCC(COCCOCC4CO4)OCC4CO4)cc3)cc2)OC2CCO2)OCC2CO2)cc1)c1ccc(OCC(COCCOC2CCO2)OCC2CO2)cc1. The zero-order chi connectivity index (χ0) is 59.2. The van der Waals surface area contributed by atoms with Crippen molar-refractivity contribution in [2.45, 2.75) is 113 Å². The van der Waals surface area contributed by atoms with Crippen LogP contribution in [0.15, 0.2) is 97.1 Å². The van der Waals surface area contributed by atoms with E-state index in [-0.39, 0.29) is 72.2 Å². The third kappa shape index (κ3) is 22.2. The first kappa shape index (κ1) is 64.4. The van der Waals surface area contributed by atoms with Crippen LogP contribution in [0.3, 0.4) is 0 Å². The summed E-state index contributed by atoms with van der Waals surface area (Å²) < 4.78 is 117. The van der Waals surface area contributed by atoms with Crippen LogP contribution in [0.5, 0.6) is 23.0 Å². The monoisotopic (exact) mass is 1200 g/mol. The van der Waals surface area contributed by atoms with Gasteiger partial charge in [-0.2, -0.15) is 0 Å². The van der Waals surface area contributed by atoms with Gasteiger partial charge in [-0.05, 0) is 70.8 Å². The van der Waals surface area contributed by atoms with Crippen LogP contribution >= 0.6 is 0 Å². The van der Waals surface area contributed by atoms with Crippen LogP contribution in [-0.2, 0) is 86.6 Å². The molecule has 0 radical (unpaired) electrons. The molecule has 474 valence electrons. The molecule has 6 saturated heterocycles. The number of hydrogen-bond donors (Lipinski definition) is 0.